The standard InChI is InChI=1S/C11H9BrFN3O/c12-8-3-1-2-7(10(8)13)11(17)16-6-9-14-4-5-15-9/h1-5H,6H2,(H,14,15)(H,16,17). The van der Waals surface area contributed by atoms with E-state index in [9.17, 15) is 9.18 Å². The first kappa shape index (κ1) is 11.8. The molecule has 17 heavy (non-hydrogen) atoms. The van der Waals surface area contributed by atoms with Crippen molar-refractivity contribution in [2.24, 2.45) is 0 Å². The summed E-state index contributed by atoms with van der Waals surface area (Å²) in [5, 5.41) is 2.58. The van der Waals surface area contributed by atoms with Gasteiger partial charge >= 0.3 is 0 Å². The molecule has 0 unspecified atom stereocenters. The van der Waals surface area contributed by atoms with Crippen LogP contribution in [0.2, 0.25) is 0 Å². The summed E-state index contributed by atoms with van der Waals surface area (Å²) in [6, 6.07) is 4.57. The van der Waals surface area contributed by atoms with Crippen LogP contribution in [0.3, 0.4) is 0 Å². The van der Waals surface area contributed by atoms with Gasteiger partial charge in [0, 0.05) is 12.4 Å². The van der Waals surface area contributed by atoms with Crippen molar-refractivity contribution in [2.45, 2.75) is 6.54 Å². The van der Waals surface area contributed by atoms with Crippen molar-refractivity contribution < 1.29 is 9.18 Å². The van der Waals surface area contributed by atoms with E-state index < -0.39 is 11.7 Å². The zero-order valence-corrected chi connectivity index (χ0v) is 10.3. The fraction of sp³-hybridized carbons (Fsp3) is 0.0909. The molecule has 0 saturated heterocycles. The van der Waals surface area contributed by atoms with Gasteiger partial charge in [0.05, 0.1) is 16.6 Å². The van der Waals surface area contributed by atoms with Crippen LogP contribution in [-0.4, -0.2) is 15.9 Å². The van der Waals surface area contributed by atoms with Gasteiger partial charge in [-0.05, 0) is 28.1 Å². The number of H-pyrrole nitrogens is 1. The molecule has 6 heteroatoms. The fourth-order valence-corrected chi connectivity index (χ4v) is 1.70. The highest BCUT2D eigenvalue weighted by Crippen LogP contribution is 2.18. The second-order valence-electron chi connectivity index (χ2n) is 3.32. The predicted molar refractivity (Wildman–Crippen MR) is 63.9 cm³/mol. The molecule has 1 aromatic carbocycles. The number of imidazole rings is 1. The molecule has 0 saturated carbocycles. The average Bonchev–Trinajstić information content (AvgIpc) is 2.82. The minimum atomic E-state index is -0.565. The van der Waals surface area contributed by atoms with Crippen LogP contribution in [0.4, 0.5) is 4.39 Å². The van der Waals surface area contributed by atoms with Crippen LogP contribution in [0.1, 0.15) is 16.2 Å². The zero-order chi connectivity index (χ0) is 12.3. The molecular formula is C11H9BrFN3O. The SMILES string of the molecule is O=C(NCc1ncc[nH]1)c1cccc(Br)c1F. The van der Waals surface area contributed by atoms with Crippen LogP contribution in [0.15, 0.2) is 35.1 Å². The highest BCUT2D eigenvalue weighted by molar-refractivity contribution is 9.10. The summed E-state index contributed by atoms with van der Waals surface area (Å²) in [5.41, 5.74) is 0.00549. The summed E-state index contributed by atoms with van der Waals surface area (Å²) in [7, 11) is 0. The van der Waals surface area contributed by atoms with Crippen LogP contribution in [0, 0.1) is 5.82 Å². The Hall–Kier alpha value is -1.69. The van der Waals surface area contributed by atoms with E-state index in [1.54, 1.807) is 24.5 Å². The lowest BCUT2D eigenvalue weighted by Gasteiger charge is -2.05. The van der Waals surface area contributed by atoms with Gasteiger partial charge in [-0.25, -0.2) is 9.37 Å². The third-order valence-corrected chi connectivity index (χ3v) is 2.78. The Morgan fingerprint density at radius 1 is 1.53 bits per heavy atom. The first-order valence-electron chi connectivity index (χ1n) is 4.89. The van der Waals surface area contributed by atoms with Gasteiger partial charge in [0.1, 0.15) is 11.6 Å². The molecule has 0 atom stereocenters. The van der Waals surface area contributed by atoms with Crippen LogP contribution in [0.5, 0.6) is 0 Å². The molecule has 4 nitrogen and oxygen atoms in total. The molecule has 1 amide bonds. The lowest BCUT2D eigenvalue weighted by Crippen LogP contribution is -2.24. The number of nitrogens with one attached hydrogen (secondary N) is 2. The highest BCUT2D eigenvalue weighted by atomic mass is 79.9. The van der Waals surface area contributed by atoms with E-state index in [4.69, 9.17) is 0 Å². The Labute approximate surface area is 105 Å². The lowest BCUT2D eigenvalue weighted by molar-refractivity contribution is 0.0946. The minimum absolute atomic E-state index is 0.00549. The summed E-state index contributed by atoms with van der Waals surface area (Å²) in [6.07, 6.45) is 3.24. The lowest BCUT2D eigenvalue weighted by atomic mass is 10.2. The molecule has 1 heterocycles. The molecule has 0 aliphatic heterocycles. The van der Waals surface area contributed by atoms with Crippen LogP contribution < -0.4 is 5.32 Å². The van der Waals surface area contributed by atoms with E-state index in [1.165, 1.54) is 6.07 Å². The van der Waals surface area contributed by atoms with Crippen molar-refractivity contribution in [1.82, 2.24) is 15.3 Å². The number of rotatable bonds is 3. The van der Waals surface area contributed by atoms with Gasteiger partial charge in [0.15, 0.2) is 0 Å². The summed E-state index contributed by atoms with van der Waals surface area (Å²) >= 11 is 3.03. The quantitative estimate of drug-likeness (QED) is 0.913. The third-order valence-electron chi connectivity index (χ3n) is 2.17. The van der Waals surface area contributed by atoms with Crippen molar-refractivity contribution in [1.29, 1.82) is 0 Å². The third kappa shape index (κ3) is 2.71. The number of carbonyl (C=O) groups is 1. The van der Waals surface area contributed by atoms with Crippen molar-refractivity contribution in [2.75, 3.05) is 0 Å². The van der Waals surface area contributed by atoms with Gasteiger partial charge < -0.3 is 10.3 Å². The number of aromatic nitrogens is 2. The Kier molecular flexibility index (Phi) is 3.53. The zero-order valence-electron chi connectivity index (χ0n) is 8.71. The van der Waals surface area contributed by atoms with E-state index >= 15 is 0 Å². The van der Waals surface area contributed by atoms with Gasteiger partial charge in [-0.1, -0.05) is 6.07 Å². The normalized spacial score (nSPS) is 10.2. The second kappa shape index (κ2) is 5.09. The number of hydrogen-bond acceptors (Lipinski definition) is 2. The van der Waals surface area contributed by atoms with E-state index in [2.05, 4.69) is 31.2 Å². The number of benzene rings is 1. The number of aromatic amines is 1. The van der Waals surface area contributed by atoms with E-state index in [0.29, 0.717) is 5.82 Å². The maximum atomic E-state index is 13.6. The first-order valence-corrected chi connectivity index (χ1v) is 5.68. The Morgan fingerprint density at radius 3 is 3.06 bits per heavy atom. The number of halogens is 2. The van der Waals surface area contributed by atoms with Gasteiger partial charge in [0.25, 0.3) is 5.91 Å². The molecule has 2 rings (SSSR count). The Balaban J connectivity index is 2.07. The van der Waals surface area contributed by atoms with Gasteiger partial charge in [-0.15, -0.1) is 0 Å². The monoisotopic (exact) mass is 297 g/mol. The van der Waals surface area contributed by atoms with Crippen molar-refractivity contribution in [3.05, 3.63) is 52.3 Å². The number of amides is 1. The van der Waals surface area contributed by atoms with Crippen molar-refractivity contribution >= 4 is 21.8 Å². The first-order chi connectivity index (χ1) is 8.18. The van der Waals surface area contributed by atoms with Crippen molar-refractivity contribution in [3.8, 4) is 0 Å². The number of carbonyl (C=O) groups excluding carboxylic acids is 1. The number of hydrogen-bond donors (Lipinski definition) is 2. The largest absolute Gasteiger partial charge is 0.347 e. The van der Waals surface area contributed by atoms with Crippen LogP contribution in [0.25, 0.3) is 0 Å². The molecule has 0 radical (unpaired) electrons. The van der Waals surface area contributed by atoms with Crippen LogP contribution in [-0.2, 0) is 6.54 Å². The predicted octanol–water partition coefficient (Wildman–Crippen LogP) is 2.24. The molecule has 1 aromatic heterocycles. The molecule has 0 spiro atoms. The van der Waals surface area contributed by atoms with Crippen LogP contribution >= 0.6 is 15.9 Å². The van der Waals surface area contributed by atoms with E-state index in [-0.39, 0.29) is 16.6 Å². The average molecular weight is 298 g/mol. The smallest absolute Gasteiger partial charge is 0.254 e. The highest BCUT2D eigenvalue weighted by Gasteiger charge is 2.13. The molecule has 0 aliphatic carbocycles. The molecular weight excluding hydrogens is 289 g/mol. The van der Waals surface area contributed by atoms with E-state index in [0.717, 1.165) is 0 Å². The van der Waals surface area contributed by atoms with Crippen molar-refractivity contribution in [3.63, 3.8) is 0 Å². The summed E-state index contributed by atoms with van der Waals surface area (Å²) in [4.78, 5) is 18.5. The maximum absolute atomic E-state index is 13.6. The topological polar surface area (TPSA) is 57.8 Å². The van der Waals surface area contributed by atoms with Gasteiger partial charge in [-0.2, -0.15) is 0 Å². The Morgan fingerprint density at radius 2 is 2.35 bits per heavy atom. The maximum Gasteiger partial charge on any atom is 0.254 e. The minimum Gasteiger partial charge on any atom is -0.347 e. The molecule has 0 bridgehead atoms. The summed E-state index contributed by atoms with van der Waals surface area (Å²) in [5.74, 6) is -0.418. The molecule has 0 aliphatic rings. The number of nitrogens with zero attached hydrogens (tertiary/aromatic N) is 1. The van der Waals surface area contributed by atoms with Gasteiger partial charge in [0.2, 0.25) is 0 Å². The van der Waals surface area contributed by atoms with E-state index in [1.807, 2.05) is 0 Å². The Bertz CT molecular complexity index is 528. The molecule has 0 fully saturated rings. The molecule has 2 aromatic rings. The summed E-state index contributed by atoms with van der Waals surface area (Å²) < 4.78 is 13.9. The molecule has 2 N–H and O–H groups in total. The molecule has 88 valence electrons. The second-order valence-corrected chi connectivity index (χ2v) is 4.17. The summed E-state index contributed by atoms with van der Waals surface area (Å²) in [6.45, 7) is 0.234. The van der Waals surface area contributed by atoms with Gasteiger partial charge in [-0.3, -0.25) is 4.79 Å². The fourth-order valence-electron chi connectivity index (χ4n) is 1.33.